The summed E-state index contributed by atoms with van der Waals surface area (Å²) in [5.41, 5.74) is 5.21. The van der Waals surface area contributed by atoms with Crippen LogP contribution < -0.4 is 15.0 Å². The van der Waals surface area contributed by atoms with E-state index in [1.54, 1.807) is 23.9 Å². The Morgan fingerprint density at radius 1 is 1.00 bits per heavy atom. The van der Waals surface area contributed by atoms with Crippen molar-refractivity contribution in [1.82, 2.24) is 15.2 Å². The lowest BCUT2D eigenvalue weighted by atomic mass is 10.0. The standard InChI is InChI=1S/C26H31N3O4S2/c1-19-5-13-24(14-6-19)35(31,32)28-27-26(30)16-8-20-7-15-25(21(17-20)18-29(2)3)33-22-9-11-23(34-4)12-10-22/h5-7,9-15,17,28H,8,16,18H2,1-4H3,(H,27,30). The van der Waals surface area contributed by atoms with Gasteiger partial charge in [-0.2, -0.15) is 0 Å². The van der Waals surface area contributed by atoms with Crippen molar-refractivity contribution in [3.05, 3.63) is 83.4 Å². The third kappa shape index (κ3) is 8.10. The van der Waals surface area contributed by atoms with Crippen LogP contribution in [0.1, 0.15) is 23.1 Å². The van der Waals surface area contributed by atoms with Gasteiger partial charge in [-0.25, -0.2) is 8.42 Å². The van der Waals surface area contributed by atoms with Gasteiger partial charge in [-0.15, -0.1) is 16.6 Å². The first-order valence-corrected chi connectivity index (χ1v) is 13.8. The maximum Gasteiger partial charge on any atom is 0.257 e. The van der Waals surface area contributed by atoms with Crippen molar-refractivity contribution in [2.24, 2.45) is 0 Å². The molecule has 0 aliphatic rings. The van der Waals surface area contributed by atoms with Gasteiger partial charge in [-0.05, 0) is 81.7 Å². The highest BCUT2D eigenvalue weighted by atomic mass is 32.2. The molecule has 0 aliphatic heterocycles. The van der Waals surface area contributed by atoms with Gasteiger partial charge in [0.05, 0.1) is 4.90 Å². The van der Waals surface area contributed by atoms with Crippen molar-refractivity contribution in [2.45, 2.75) is 36.1 Å². The molecule has 0 spiro atoms. The van der Waals surface area contributed by atoms with E-state index in [4.69, 9.17) is 4.74 Å². The Balaban J connectivity index is 1.61. The van der Waals surface area contributed by atoms with Gasteiger partial charge in [-0.3, -0.25) is 10.2 Å². The van der Waals surface area contributed by atoms with E-state index in [9.17, 15) is 13.2 Å². The zero-order chi connectivity index (χ0) is 25.4. The van der Waals surface area contributed by atoms with Crippen molar-refractivity contribution < 1.29 is 17.9 Å². The summed E-state index contributed by atoms with van der Waals surface area (Å²) in [5, 5.41) is 0. The maximum absolute atomic E-state index is 12.3. The van der Waals surface area contributed by atoms with Gasteiger partial charge >= 0.3 is 0 Å². The van der Waals surface area contributed by atoms with Gasteiger partial charge in [-0.1, -0.05) is 29.8 Å². The van der Waals surface area contributed by atoms with E-state index < -0.39 is 15.9 Å². The van der Waals surface area contributed by atoms with E-state index in [1.807, 2.05) is 69.7 Å². The van der Waals surface area contributed by atoms with Crippen molar-refractivity contribution in [3.8, 4) is 11.5 Å². The number of amides is 1. The predicted molar refractivity (Wildman–Crippen MR) is 140 cm³/mol. The van der Waals surface area contributed by atoms with Gasteiger partial charge in [0.1, 0.15) is 11.5 Å². The molecule has 0 saturated carbocycles. The average molecular weight is 514 g/mol. The molecule has 0 fully saturated rings. The Labute approximate surface area is 211 Å². The fourth-order valence-corrected chi connectivity index (χ4v) is 4.61. The lowest BCUT2D eigenvalue weighted by Crippen LogP contribution is -2.41. The van der Waals surface area contributed by atoms with E-state index in [1.165, 1.54) is 17.0 Å². The van der Waals surface area contributed by atoms with Crippen LogP contribution in [-0.4, -0.2) is 39.6 Å². The first kappa shape index (κ1) is 26.7. The first-order valence-electron chi connectivity index (χ1n) is 11.1. The van der Waals surface area contributed by atoms with E-state index >= 15 is 0 Å². The highest BCUT2D eigenvalue weighted by Crippen LogP contribution is 2.29. The topological polar surface area (TPSA) is 87.7 Å². The molecule has 1 amide bonds. The van der Waals surface area contributed by atoms with Crippen LogP contribution in [0, 0.1) is 6.92 Å². The second-order valence-corrected chi connectivity index (χ2v) is 11.0. The number of carbonyl (C=O) groups excluding carboxylic acids is 1. The Morgan fingerprint density at radius 3 is 2.31 bits per heavy atom. The van der Waals surface area contributed by atoms with E-state index in [2.05, 4.69) is 15.2 Å². The fourth-order valence-electron chi connectivity index (χ4n) is 3.34. The number of rotatable bonds is 11. The van der Waals surface area contributed by atoms with Crippen LogP contribution in [0.15, 0.2) is 76.5 Å². The third-order valence-electron chi connectivity index (χ3n) is 5.20. The van der Waals surface area contributed by atoms with Crippen LogP contribution >= 0.6 is 11.8 Å². The molecule has 2 N–H and O–H groups in total. The summed E-state index contributed by atoms with van der Waals surface area (Å²) in [7, 11) is 0.146. The quantitative estimate of drug-likeness (QED) is 0.290. The number of hydrazine groups is 1. The van der Waals surface area contributed by atoms with Crippen LogP contribution in [0.4, 0.5) is 0 Å². The third-order valence-corrected chi connectivity index (χ3v) is 7.20. The molecule has 0 saturated heterocycles. The monoisotopic (exact) mass is 513 g/mol. The highest BCUT2D eigenvalue weighted by molar-refractivity contribution is 7.98. The Kier molecular flexibility index (Phi) is 9.33. The minimum atomic E-state index is -3.82. The molecule has 0 bridgehead atoms. The van der Waals surface area contributed by atoms with Crippen LogP contribution in [0.3, 0.4) is 0 Å². The number of ether oxygens (including phenoxy) is 1. The molecule has 35 heavy (non-hydrogen) atoms. The van der Waals surface area contributed by atoms with E-state index in [-0.39, 0.29) is 11.3 Å². The number of hydrogen-bond donors (Lipinski definition) is 2. The Morgan fingerprint density at radius 2 is 1.69 bits per heavy atom. The molecule has 9 heteroatoms. The first-order chi connectivity index (χ1) is 16.7. The number of nitrogens with one attached hydrogen (secondary N) is 2. The molecule has 0 atom stereocenters. The Hall–Kier alpha value is -2.85. The molecule has 3 aromatic carbocycles. The van der Waals surface area contributed by atoms with Crippen molar-refractivity contribution in [1.29, 1.82) is 0 Å². The van der Waals surface area contributed by atoms with Gasteiger partial charge in [0.25, 0.3) is 10.0 Å². The number of thioether (sulfide) groups is 1. The molecule has 3 rings (SSSR count). The van der Waals surface area contributed by atoms with E-state index in [0.29, 0.717) is 13.0 Å². The average Bonchev–Trinajstić information content (AvgIpc) is 2.83. The predicted octanol–water partition coefficient (Wildman–Crippen LogP) is 4.51. The van der Waals surface area contributed by atoms with Crippen molar-refractivity contribution in [2.75, 3.05) is 20.4 Å². The number of aryl methyl sites for hydroxylation is 2. The number of benzene rings is 3. The second-order valence-electron chi connectivity index (χ2n) is 8.42. The zero-order valence-electron chi connectivity index (χ0n) is 20.4. The number of carbonyl (C=O) groups is 1. The minimum Gasteiger partial charge on any atom is -0.457 e. The molecule has 0 radical (unpaired) electrons. The van der Waals surface area contributed by atoms with Gasteiger partial charge in [0.15, 0.2) is 0 Å². The van der Waals surface area contributed by atoms with Gasteiger partial charge < -0.3 is 9.64 Å². The summed E-state index contributed by atoms with van der Waals surface area (Å²) in [4.78, 5) is 17.8. The molecule has 186 valence electrons. The lowest BCUT2D eigenvalue weighted by Gasteiger charge is -2.16. The zero-order valence-corrected chi connectivity index (χ0v) is 22.0. The molecular formula is C26H31N3O4S2. The molecule has 3 aromatic rings. The Bertz CT molecular complexity index is 1240. The molecular weight excluding hydrogens is 482 g/mol. The smallest absolute Gasteiger partial charge is 0.257 e. The normalized spacial score (nSPS) is 11.5. The van der Waals surface area contributed by atoms with Gasteiger partial charge in [0, 0.05) is 23.4 Å². The number of nitrogens with zero attached hydrogens (tertiary/aromatic N) is 1. The summed E-state index contributed by atoms with van der Waals surface area (Å²) in [6.45, 7) is 2.55. The van der Waals surface area contributed by atoms with E-state index in [0.717, 1.165) is 28.2 Å². The fraction of sp³-hybridized carbons (Fsp3) is 0.269. The summed E-state index contributed by atoms with van der Waals surface area (Å²) in [6.07, 6.45) is 2.62. The highest BCUT2D eigenvalue weighted by Gasteiger charge is 2.15. The van der Waals surface area contributed by atoms with Crippen molar-refractivity contribution >= 4 is 27.7 Å². The van der Waals surface area contributed by atoms with Crippen LogP contribution in [0.2, 0.25) is 0 Å². The van der Waals surface area contributed by atoms with Crippen LogP contribution in [0.25, 0.3) is 0 Å². The summed E-state index contributed by atoms with van der Waals surface area (Å²) >= 11 is 1.68. The minimum absolute atomic E-state index is 0.0930. The molecule has 0 heterocycles. The number of hydrogen-bond acceptors (Lipinski definition) is 6. The summed E-state index contributed by atoms with van der Waals surface area (Å²) in [5.74, 6) is 1.11. The summed E-state index contributed by atoms with van der Waals surface area (Å²) < 4.78 is 30.8. The largest absolute Gasteiger partial charge is 0.457 e. The maximum atomic E-state index is 12.3. The lowest BCUT2D eigenvalue weighted by molar-refractivity contribution is -0.121. The molecule has 0 aliphatic carbocycles. The van der Waals surface area contributed by atoms with Crippen LogP contribution in [-0.2, 0) is 27.8 Å². The molecule has 0 aromatic heterocycles. The SMILES string of the molecule is CSc1ccc(Oc2ccc(CCC(=O)NNS(=O)(=O)c3ccc(C)cc3)cc2CN(C)C)cc1. The molecule has 0 unspecified atom stereocenters. The van der Waals surface area contributed by atoms with Crippen LogP contribution in [0.5, 0.6) is 11.5 Å². The number of sulfonamides is 1. The second kappa shape index (κ2) is 12.2. The molecule has 7 nitrogen and oxygen atoms in total. The van der Waals surface area contributed by atoms with Gasteiger partial charge in [0.2, 0.25) is 5.91 Å². The van der Waals surface area contributed by atoms with Crippen molar-refractivity contribution in [3.63, 3.8) is 0 Å². The summed E-state index contributed by atoms with van der Waals surface area (Å²) in [6, 6.07) is 20.2.